The Bertz CT molecular complexity index is 89.5. The average molecular weight is 229 g/mol. The SMILES string of the molecule is CCCCCCCCCCC[CH]CCS. The Morgan fingerprint density at radius 2 is 1.27 bits per heavy atom. The standard InChI is InChI=1S/C14H29S/c1-2-3-4-5-6-7-8-9-10-11-12-13-14-15/h12,15H,2-11,13-14H2,1H3. The Kier molecular flexibility index (Phi) is 14.7. The molecule has 0 fully saturated rings. The summed E-state index contributed by atoms with van der Waals surface area (Å²) in [6.45, 7) is 2.28. The molecule has 0 aromatic heterocycles. The molecule has 0 amide bonds. The Balaban J connectivity index is 2.81. The molecule has 0 unspecified atom stereocenters. The third-order valence-electron chi connectivity index (χ3n) is 2.85. The lowest BCUT2D eigenvalue weighted by molar-refractivity contribution is 0.563. The lowest BCUT2D eigenvalue weighted by Gasteiger charge is -2.01. The summed E-state index contributed by atoms with van der Waals surface area (Å²) in [6.07, 6.45) is 17.7. The van der Waals surface area contributed by atoms with E-state index in [0.717, 1.165) is 5.75 Å². The first-order valence-corrected chi connectivity index (χ1v) is 7.47. The first-order chi connectivity index (χ1) is 7.41. The predicted molar refractivity (Wildman–Crippen MR) is 74.6 cm³/mol. The zero-order valence-electron chi connectivity index (χ0n) is 10.5. The minimum absolute atomic E-state index is 1.01. The monoisotopic (exact) mass is 229 g/mol. The van der Waals surface area contributed by atoms with E-state index in [1.807, 2.05) is 0 Å². The smallest absolute Gasteiger partial charge is 0.00952 e. The highest BCUT2D eigenvalue weighted by Gasteiger charge is 1.92. The van der Waals surface area contributed by atoms with E-state index in [1.54, 1.807) is 0 Å². The summed E-state index contributed by atoms with van der Waals surface area (Å²) < 4.78 is 0. The Morgan fingerprint density at radius 3 is 1.80 bits per heavy atom. The molecule has 0 bridgehead atoms. The highest BCUT2D eigenvalue weighted by molar-refractivity contribution is 7.80. The van der Waals surface area contributed by atoms with Gasteiger partial charge in [0.2, 0.25) is 0 Å². The van der Waals surface area contributed by atoms with Gasteiger partial charge in [-0.05, 0) is 18.6 Å². The van der Waals surface area contributed by atoms with Gasteiger partial charge in [-0.15, -0.1) is 0 Å². The van der Waals surface area contributed by atoms with Crippen LogP contribution in [0.15, 0.2) is 0 Å². The summed E-state index contributed by atoms with van der Waals surface area (Å²) in [6, 6.07) is 0. The maximum Gasteiger partial charge on any atom is -0.00952 e. The summed E-state index contributed by atoms with van der Waals surface area (Å²) in [5.74, 6) is 1.01. The van der Waals surface area contributed by atoms with Crippen molar-refractivity contribution in [2.75, 3.05) is 5.75 Å². The van der Waals surface area contributed by atoms with Gasteiger partial charge in [-0.1, -0.05) is 71.1 Å². The fourth-order valence-corrected chi connectivity index (χ4v) is 2.02. The molecule has 0 aromatic carbocycles. The largest absolute Gasteiger partial charge is 0.179 e. The van der Waals surface area contributed by atoms with Gasteiger partial charge in [0.25, 0.3) is 0 Å². The van der Waals surface area contributed by atoms with Crippen LogP contribution in [0.4, 0.5) is 0 Å². The molecule has 0 saturated carbocycles. The molecule has 0 aromatic rings. The van der Waals surface area contributed by atoms with E-state index in [9.17, 15) is 0 Å². The fourth-order valence-electron chi connectivity index (χ4n) is 1.83. The van der Waals surface area contributed by atoms with Gasteiger partial charge in [-0.2, -0.15) is 12.6 Å². The normalized spacial score (nSPS) is 10.8. The highest BCUT2D eigenvalue weighted by Crippen LogP contribution is 2.11. The molecule has 0 nitrogen and oxygen atoms in total. The Hall–Kier alpha value is 0.350. The molecule has 0 spiro atoms. The average Bonchev–Trinajstić information content (AvgIpc) is 2.26. The van der Waals surface area contributed by atoms with Crippen LogP contribution in [0.3, 0.4) is 0 Å². The van der Waals surface area contributed by atoms with E-state index in [4.69, 9.17) is 0 Å². The molecule has 1 heteroatoms. The summed E-state index contributed by atoms with van der Waals surface area (Å²) in [5, 5.41) is 0. The molecule has 0 aliphatic carbocycles. The van der Waals surface area contributed by atoms with Crippen LogP contribution in [-0.4, -0.2) is 5.75 Å². The molecule has 0 aliphatic heterocycles. The van der Waals surface area contributed by atoms with E-state index >= 15 is 0 Å². The summed E-state index contributed by atoms with van der Waals surface area (Å²) in [7, 11) is 0. The molecule has 15 heavy (non-hydrogen) atoms. The molecule has 0 rings (SSSR count). The second-order valence-corrected chi connectivity index (χ2v) is 4.87. The van der Waals surface area contributed by atoms with Gasteiger partial charge in [0.05, 0.1) is 0 Å². The van der Waals surface area contributed by atoms with Gasteiger partial charge in [-0.3, -0.25) is 0 Å². The van der Waals surface area contributed by atoms with Gasteiger partial charge < -0.3 is 0 Å². The Labute approximate surface area is 103 Å². The predicted octanol–water partition coefficient (Wildman–Crippen LogP) is 5.43. The van der Waals surface area contributed by atoms with Crippen LogP contribution in [0.5, 0.6) is 0 Å². The molecule has 0 heterocycles. The lowest BCUT2D eigenvalue weighted by Crippen LogP contribution is -1.83. The first-order valence-electron chi connectivity index (χ1n) is 6.84. The van der Waals surface area contributed by atoms with Crippen molar-refractivity contribution < 1.29 is 0 Å². The van der Waals surface area contributed by atoms with Crippen LogP contribution in [0.2, 0.25) is 0 Å². The molecule has 0 atom stereocenters. The number of unbranched alkanes of at least 4 members (excludes halogenated alkanes) is 11. The van der Waals surface area contributed by atoms with Gasteiger partial charge in [0.15, 0.2) is 0 Å². The maximum atomic E-state index is 4.19. The molecular formula is C14H29S. The van der Waals surface area contributed by atoms with E-state index in [0.29, 0.717) is 0 Å². The van der Waals surface area contributed by atoms with E-state index in [1.165, 1.54) is 70.6 Å². The molecule has 0 aliphatic rings. The lowest BCUT2D eigenvalue weighted by atomic mass is 10.1. The first kappa shape index (κ1) is 15.3. The van der Waals surface area contributed by atoms with Crippen molar-refractivity contribution in [3.8, 4) is 0 Å². The number of thiol groups is 1. The van der Waals surface area contributed by atoms with Crippen LogP contribution in [-0.2, 0) is 0 Å². The second-order valence-electron chi connectivity index (χ2n) is 4.42. The maximum absolute atomic E-state index is 4.19. The summed E-state index contributed by atoms with van der Waals surface area (Å²) in [4.78, 5) is 0. The van der Waals surface area contributed by atoms with E-state index in [-0.39, 0.29) is 0 Å². The van der Waals surface area contributed by atoms with Crippen molar-refractivity contribution in [2.45, 2.75) is 77.6 Å². The van der Waals surface area contributed by atoms with Crippen molar-refractivity contribution in [1.82, 2.24) is 0 Å². The van der Waals surface area contributed by atoms with Crippen LogP contribution in [0.25, 0.3) is 0 Å². The third kappa shape index (κ3) is 14.4. The summed E-state index contributed by atoms with van der Waals surface area (Å²) in [5.41, 5.74) is 0. The van der Waals surface area contributed by atoms with Gasteiger partial charge in [-0.25, -0.2) is 0 Å². The number of hydrogen-bond donors (Lipinski definition) is 1. The second kappa shape index (κ2) is 14.3. The van der Waals surface area contributed by atoms with Crippen LogP contribution >= 0.6 is 12.6 Å². The van der Waals surface area contributed by atoms with Gasteiger partial charge in [0, 0.05) is 0 Å². The van der Waals surface area contributed by atoms with Crippen LogP contribution < -0.4 is 0 Å². The van der Waals surface area contributed by atoms with Gasteiger partial charge in [0.1, 0.15) is 0 Å². The summed E-state index contributed by atoms with van der Waals surface area (Å²) >= 11 is 4.19. The molecule has 0 N–H and O–H groups in total. The topological polar surface area (TPSA) is 0 Å². The minimum atomic E-state index is 1.01. The molecule has 1 radical (unpaired) electrons. The third-order valence-corrected chi connectivity index (χ3v) is 3.10. The van der Waals surface area contributed by atoms with Gasteiger partial charge >= 0.3 is 0 Å². The van der Waals surface area contributed by atoms with Crippen molar-refractivity contribution >= 4 is 12.6 Å². The van der Waals surface area contributed by atoms with Crippen molar-refractivity contribution in [1.29, 1.82) is 0 Å². The molecule has 91 valence electrons. The quantitative estimate of drug-likeness (QED) is 0.335. The number of rotatable bonds is 12. The molecular weight excluding hydrogens is 200 g/mol. The minimum Gasteiger partial charge on any atom is -0.179 e. The fraction of sp³-hybridized carbons (Fsp3) is 0.929. The highest BCUT2D eigenvalue weighted by atomic mass is 32.1. The van der Waals surface area contributed by atoms with Crippen LogP contribution in [0, 0.1) is 6.42 Å². The van der Waals surface area contributed by atoms with E-state index < -0.39 is 0 Å². The van der Waals surface area contributed by atoms with Crippen LogP contribution in [0.1, 0.15) is 77.6 Å². The van der Waals surface area contributed by atoms with E-state index in [2.05, 4.69) is 26.0 Å². The Morgan fingerprint density at radius 1 is 0.733 bits per heavy atom. The zero-order valence-corrected chi connectivity index (χ0v) is 11.4. The zero-order chi connectivity index (χ0) is 11.2. The molecule has 0 saturated heterocycles. The number of hydrogen-bond acceptors (Lipinski definition) is 1. The van der Waals surface area contributed by atoms with Crippen molar-refractivity contribution in [3.05, 3.63) is 6.42 Å². The van der Waals surface area contributed by atoms with Crippen molar-refractivity contribution in [3.63, 3.8) is 0 Å². The van der Waals surface area contributed by atoms with Crippen molar-refractivity contribution in [2.24, 2.45) is 0 Å².